The second kappa shape index (κ2) is 10.8. The number of halogens is 2. The van der Waals surface area contributed by atoms with Crippen LogP contribution >= 0.6 is 11.8 Å². The van der Waals surface area contributed by atoms with Crippen molar-refractivity contribution in [1.29, 1.82) is 0 Å². The number of carbonyl (C=O) groups is 2. The van der Waals surface area contributed by atoms with Gasteiger partial charge in [-0.1, -0.05) is 23.9 Å². The molecule has 7 nitrogen and oxygen atoms in total. The molecule has 1 heterocycles. The lowest BCUT2D eigenvalue weighted by Crippen LogP contribution is -2.31. The number of nitrogens with zero attached hydrogens (tertiary/aromatic N) is 2. The van der Waals surface area contributed by atoms with Gasteiger partial charge in [0.15, 0.2) is 5.17 Å². The lowest BCUT2D eigenvalue weighted by molar-refractivity contribution is -0.139. The number of carbonyl (C=O) groups excluding carboxylic acids is 2. The summed E-state index contributed by atoms with van der Waals surface area (Å²) in [5, 5.41) is 0.269. The van der Waals surface area contributed by atoms with Crippen LogP contribution in [0.4, 0.5) is 14.5 Å². The maximum atomic E-state index is 13.1. The number of thioether (sulfide) groups is 1. The molecule has 1 aliphatic rings. The van der Waals surface area contributed by atoms with Gasteiger partial charge in [-0.05, 0) is 55.0 Å². The van der Waals surface area contributed by atoms with E-state index < -0.39 is 18.5 Å². The third-order valence-electron chi connectivity index (χ3n) is 4.19. The topological polar surface area (TPSA) is 77.4 Å². The Balaban J connectivity index is 1.89. The molecule has 0 saturated carbocycles. The minimum absolute atomic E-state index is 0.0398. The summed E-state index contributed by atoms with van der Waals surface area (Å²) in [4.78, 5) is 30.6. The summed E-state index contributed by atoms with van der Waals surface area (Å²) >= 11 is 1.04. The molecule has 0 spiro atoms. The van der Waals surface area contributed by atoms with Crippen LogP contribution < -0.4 is 14.4 Å². The Hall–Kier alpha value is -3.40. The van der Waals surface area contributed by atoms with Crippen LogP contribution in [0.1, 0.15) is 12.5 Å². The highest BCUT2D eigenvalue weighted by Gasteiger charge is 2.32. The average Bonchev–Trinajstić information content (AvgIpc) is 3.08. The van der Waals surface area contributed by atoms with Gasteiger partial charge >= 0.3 is 12.6 Å². The van der Waals surface area contributed by atoms with E-state index in [4.69, 9.17) is 9.47 Å². The first kappa shape index (κ1) is 23.3. The molecule has 32 heavy (non-hydrogen) atoms. The number of alkyl halides is 2. The Labute approximate surface area is 187 Å². The highest BCUT2D eigenvalue weighted by Crippen LogP contribution is 2.31. The molecule has 0 N–H and O–H groups in total. The quantitative estimate of drug-likeness (QED) is 0.429. The first-order chi connectivity index (χ1) is 15.4. The Morgan fingerprint density at radius 2 is 1.78 bits per heavy atom. The maximum absolute atomic E-state index is 13.1. The number of ether oxygens (including phenoxy) is 3. The molecule has 168 valence electrons. The van der Waals surface area contributed by atoms with Gasteiger partial charge in [0.05, 0.1) is 25.2 Å². The zero-order valence-electron chi connectivity index (χ0n) is 17.3. The summed E-state index contributed by atoms with van der Waals surface area (Å²) in [6, 6.07) is 12.6. The molecule has 2 aromatic carbocycles. The second-order valence-corrected chi connectivity index (χ2v) is 7.25. The third-order valence-corrected chi connectivity index (χ3v) is 5.11. The molecule has 0 atom stereocenters. The number of esters is 1. The van der Waals surface area contributed by atoms with Crippen molar-refractivity contribution in [3.05, 3.63) is 59.8 Å². The highest BCUT2D eigenvalue weighted by molar-refractivity contribution is 8.14. The molecule has 0 aromatic heterocycles. The van der Waals surface area contributed by atoms with Gasteiger partial charge in [-0.2, -0.15) is 8.78 Å². The molecular formula is C22H20F2N2O5S. The number of methoxy groups -OCH3 is 1. The summed E-state index contributed by atoms with van der Waals surface area (Å²) in [5.74, 6) is -0.275. The number of hydrogen-bond donors (Lipinski definition) is 0. The van der Waals surface area contributed by atoms with Gasteiger partial charge in [-0.15, -0.1) is 0 Å². The predicted octanol–water partition coefficient (Wildman–Crippen LogP) is 4.34. The van der Waals surface area contributed by atoms with Crippen LogP contribution in [0.5, 0.6) is 11.5 Å². The SMILES string of the molecule is CCOC(=O)CSC1=NC(=Cc2ccc(OC)cc2)C(=O)N1c1ccc(OC(F)F)cc1. The van der Waals surface area contributed by atoms with E-state index in [0.717, 1.165) is 17.3 Å². The molecule has 3 rings (SSSR count). The lowest BCUT2D eigenvalue weighted by atomic mass is 10.2. The fraction of sp³-hybridized carbons (Fsp3) is 0.227. The molecular weight excluding hydrogens is 442 g/mol. The van der Waals surface area contributed by atoms with Gasteiger partial charge in [0.25, 0.3) is 5.91 Å². The van der Waals surface area contributed by atoms with Crippen molar-refractivity contribution in [2.24, 2.45) is 4.99 Å². The number of amidine groups is 1. The van der Waals surface area contributed by atoms with Gasteiger partial charge in [0, 0.05) is 0 Å². The van der Waals surface area contributed by atoms with Crippen LogP contribution in [0, 0.1) is 0 Å². The first-order valence-corrected chi connectivity index (χ1v) is 10.5. The van der Waals surface area contributed by atoms with Crippen molar-refractivity contribution >= 4 is 40.6 Å². The van der Waals surface area contributed by atoms with Crippen LogP contribution in [0.2, 0.25) is 0 Å². The molecule has 0 bridgehead atoms. The molecule has 10 heteroatoms. The molecule has 0 fully saturated rings. The average molecular weight is 462 g/mol. The van der Waals surface area contributed by atoms with E-state index in [-0.39, 0.29) is 29.0 Å². The Bertz CT molecular complexity index is 1020. The zero-order valence-corrected chi connectivity index (χ0v) is 18.1. The largest absolute Gasteiger partial charge is 0.497 e. The van der Waals surface area contributed by atoms with E-state index in [1.165, 1.54) is 29.2 Å². The monoisotopic (exact) mass is 462 g/mol. The van der Waals surface area contributed by atoms with E-state index in [2.05, 4.69) is 9.73 Å². The van der Waals surface area contributed by atoms with Crippen molar-refractivity contribution in [2.75, 3.05) is 24.4 Å². The van der Waals surface area contributed by atoms with E-state index in [9.17, 15) is 18.4 Å². The Morgan fingerprint density at radius 3 is 2.38 bits per heavy atom. The fourth-order valence-corrected chi connectivity index (χ4v) is 3.59. The Morgan fingerprint density at radius 1 is 1.12 bits per heavy atom. The molecule has 1 aliphatic heterocycles. The Kier molecular flexibility index (Phi) is 7.82. The van der Waals surface area contributed by atoms with Gasteiger partial charge < -0.3 is 14.2 Å². The normalized spacial score (nSPS) is 14.7. The highest BCUT2D eigenvalue weighted by atomic mass is 32.2. The second-order valence-electron chi connectivity index (χ2n) is 6.30. The van der Waals surface area contributed by atoms with Crippen molar-refractivity contribution in [3.63, 3.8) is 0 Å². The number of hydrogen-bond acceptors (Lipinski definition) is 7. The third kappa shape index (κ3) is 5.85. The van der Waals surface area contributed by atoms with Crippen molar-refractivity contribution in [2.45, 2.75) is 13.5 Å². The number of benzene rings is 2. The number of anilines is 1. The van der Waals surface area contributed by atoms with Gasteiger partial charge in [-0.25, -0.2) is 4.99 Å². The van der Waals surface area contributed by atoms with E-state index in [1.54, 1.807) is 44.4 Å². The van der Waals surface area contributed by atoms with Crippen molar-refractivity contribution < 1.29 is 32.6 Å². The number of aliphatic imine (C=N–C) groups is 1. The summed E-state index contributed by atoms with van der Waals surface area (Å²) in [6.45, 7) is -1.02. The summed E-state index contributed by atoms with van der Waals surface area (Å²) in [5.41, 5.74) is 1.29. The van der Waals surface area contributed by atoms with Crippen LogP contribution in [0.15, 0.2) is 59.2 Å². The molecule has 0 saturated heterocycles. The van der Waals surface area contributed by atoms with E-state index in [1.807, 2.05) is 0 Å². The molecule has 0 unspecified atom stereocenters. The smallest absolute Gasteiger partial charge is 0.387 e. The predicted molar refractivity (Wildman–Crippen MR) is 118 cm³/mol. The standard InChI is InChI=1S/C22H20F2N2O5S/c1-3-30-19(27)13-32-22-25-18(12-14-4-8-16(29-2)9-5-14)20(28)26(22)15-6-10-17(11-7-15)31-21(23)24/h4-12,21H,3,13H2,1-2H3. The minimum atomic E-state index is -2.95. The first-order valence-electron chi connectivity index (χ1n) is 9.53. The van der Waals surface area contributed by atoms with Crippen molar-refractivity contribution in [1.82, 2.24) is 0 Å². The number of rotatable bonds is 8. The molecule has 0 aliphatic carbocycles. The van der Waals surface area contributed by atoms with Crippen LogP contribution in [0.25, 0.3) is 6.08 Å². The summed E-state index contributed by atoms with van der Waals surface area (Å²) < 4.78 is 39.3. The molecule has 2 aromatic rings. The summed E-state index contributed by atoms with van der Waals surface area (Å²) in [7, 11) is 1.56. The number of amides is 1. The minimum Gasteiger partial charge on any atom is -0.497 e. The summed E-state index contributed by atoms with van der Waals surface area (Å²) in [6.07, 6.45) is 1.61. The van der Waals surface area contributed by atoms with E-state index in [0.29, 0.717) is 11.4 Å². The molecule has 0 radical (unpaired) electrons. The maximum Gasteiger partial charge on any atom is 0.387 e. The van der Waals surface area contributed by atoms with Gasteiger partial charge in [0.2, 0.25) is 0 Å². The lowest BCUT2D eigenvalue weighted by Gasteiger charge is -2.18. The van der Waals surface area contributed by atoms with Gasteiger partial charge in [0.1, 0.15) is 17.2 Å². The van der Waals surface area contributed by atoms with Crippen molar-refractivity contribution in [3.8, 4) is 11.5 Å². The zero-order chi connectivity index (χ0) is 23.1. The molecule has 1 amide bonds. The van der Waals surface area contributed by atoms with Crippen LogP contribution in [-0.4, -0.2) is 43.1 Å². The fourth-order valence-electron chi connectivity index (χ4n) is 2.78. The van der Waals surface area contributed by atoms with Gasteiger partial charge in [-0.3, -0.25) is 14.5 Å². The van der Waals surface area contributed by atoms with E-state index >= 15 is 0 Å². The van der Waals surface area contributed by atoms with Crippen LogP contribution in [-0.2, 0) is 14.3 Å². The van der Waals surface area contributed by atoms with Crippen LogP contribution in [0.3, 0.4) is 0 Å².